The van der Waals surface area contributed by atoms with Crippen LogP contribution < -0.4 is 10.6 Å². The number of benzene rings is 1. The Hall–Kier alpha value is -2.88. The summed E-state index contributed by atoms with van der Waals surface area (Å²) in [6, 6.07) is 8.16. The van der Waals surface area contributed by atoms with Gasteiger partial charge in [0, 0.05) is 8.07 Å². The van der Waals surface area contributed by atoms with E-state index in [2.05, 4.69) is 30.3 Å². The molecular weight excluding hydrogens is 456 g/mol. The Morgan fingerprint density at radius 2 is 1.59 bits per heavy atom. The van der Waals surface area contributed by atoms with Gasteiger partial charge >= 0.3 is 18.0 Å². The van der Waals surface area contributed by atoms with Crippen LogP contribution in [0.3, 0.4) is 0 Å². The van der Waals surface area contributed by atoms with Crippen molar-refractivity contribution in [3.63, 3.8) is 0 Å². The van der Waals surface area contributed by atoms with Crippen LogP contribution in [0.2, 0.25) is 25.7 Å². The second-order valence-electron chi connectivity index (χ2n) is 10.6. The van der Waals surface area contributed by atoms with Crippen LogP contribution in [-0.2, 0) is 35.2 Å². The molecule has 0 aliphatic heterocycles. The SMILES string of the molecule is COC(=O)[C@](C)(C[Si](C)(C)C)NC(=O)[C@H](CC(=O)OCc1ccccc1)NC(=O)OC(C)(C)C. The third-order valence-corrected chi connectivity index (χ3v) is 6.31. The van der Waals surface area contributed by atoms with E-state index in [4.69, 9.17) is 14.2 Å². The number of nitrogens with one attached hydrogen (secondary N) is 2. The van der Waals surface area contributed by atoms with Crippen molar-refractivity contribution in [1.82, 2.24) is 10.6 Å². The van der Waals surface area contributed by atoms with Crippen LogP contribution in [0.5, 0.6) is 0 Å². The molecule has 0 aliphatic carbocycles. The number of hydrogen-bond acceptors (Lipinski definition) is 7. The largest absolute Gasteiger partial charge is 0.467 e. The average Bonchev–Trinajstić information content (AvgIpc) is 2.69. The van der Waals surface area contributed by atoms with Crippen molar-refractivity contribution in [2.24, 2.45) is 0 Å². The second-order valence-corrected chi connectivity index (χ2v) is 16.1. The Morgan fingerprint density at radius 1 is 1.00 bits per heavy atom. The number of carbonyl (C=O) groups is 4. The van der Waals surface area contributed by atoms with Crippen LogP contribution in [0.1, 0.15) is 39.7 Å². The number of hydrogen-bond donors (Lipinski definition) is 2. The van der Waals surface area contributed by atoms with Gasteiger partial charge < -0.3 is 24.8 Å². The molecule has 1 aromatic carbocycles. The topological polar surface area (TPSA) is 120 Å². The lowest BCUT2D eigenvalue weighted by molar-refractivity contribution is -0.150. The number of ether oxygens (including phenoxy) is 3. The number of alkyl carbamates (subject to hydrolysis) is 1. The molecule has 0 fully saturated rings. The van der Waals surface area contributed by atoms with E-state index in [1.54, 1.807) is 39.8 Å². The number of rotatable bonds is 10. The molecule has 0 unspecified atom stereocenters. The number of methoxy groups -OCH3 is 1. The lowest BCUT2D eigenvalue weighted by atomic mass is 10.0. The molecule has 1 rings (SSSR count). The first-order valence-electron chi connectivity index (χ1n) is 11.1. The maximum atomic E-state index is 13.2. The monoisotopic (exact) mass is 494 g/mol. The lowest BCUT2D eigenvalue weighted by Crippen LogP contribution is -2.60. The highest BCUT2D eigenvalue weighted by atomic mass is 28.3. The molecule has 10 heteroatoms. The van der Waals surface area contributed by atoms with Gasteiger partial charge in [0.2, 0.25) is 5.91 Å². The van der Waals surface area contributed by atoms with E-state index in [0.717, 1.165) is 5.56 Å². The summed E-state index contributed by atoms with van der Waals surface area (Å²) in [6.07, 6.45) is -1.31. The molecule has 2 atom stereocenters. The maximum Gasteiger partial charge on any atom is 0.408 e. The Morgan fingerprint density at radius 3 is 2.09 bits per heavy atom. The van der Waals surface area contributed by atoms with Crippen molar-refractivity contribution in [2.45, 2.75) is 83.6 Å². The molecule has 0 aromatic heterocycles. The van der Waals surface area contributed by atoms with Gasteiger partial charge in [0.05, 0.1) is 13.5 Å². The summed E-state index contributed by atoms with van der Waals surface area (Å²) in [7, 11) is -0.594. The molecule has 0 aliphatic rings. The van der Waals surface area contributed by atoms with Gasteiger partial charge in [0.15, 0.2) is 0 Å². The molecule has 2 amide bonds. The molecular formula is C24H38N2O7Si. The molecule has 1 aromatic rings. The summed E-state index contributed by atoms with van der Waals surface area (Å²) >= 11 is 0. The molecule has 9 nitrogen and oxygen atoms in total. The molecule has 0 spiro atoms. The van der Waals surface area contributed by atoms with Crippen molar-refractivity contribution in [1.29, 1.82) is 0 Å². The van der Waals surface area contributed by atoms with E-state index in [1.165, 1.54) is 7.11 Å². The van der Waals surface area contributed by atoms with Crippen LogP contribution in [-0.4, -0.2) is 56.3 Å². The summed E-state index contributed by atoms with van der Waals surface area (Å²) in [5.41, 5.74) is -1.35. The van der Waals surface area contributed by atoms with Gasteiger partial charge in [-0.2, -0.15) is 0 Å². The zero-order valence-electron chi connectivity index (χ0n) is 21.4. The van der Waals surface area contributed by atoms with Gasteiger partial charge in [-0.25, -0.2) is 9.59 Å². The third kappa shape index (κ3) is 10.8. The fraction of sp³-hybridized carbons (Fsp3) is 0.583. The van der Waals surface area contributed by atoms with Gasteiger partial charge in [0.25, 0.3) is 0 Å². The zero-order chi connectivity index (χ0) is 26.2. The molecule has 190 valence electrons. The highest BCUT2D eigenvalue weighted by Gasteiger charge is 2.42. The van der Waals surface area contributed by atoms with Crippen molar-refractivity contribution in [3.8, 4) is 0 Å². The minimum atomic E-state index is -1.84. The summed E-state index contributed by atoms with van der Waals surface area (Å²) in [4.78, 5) is 50.6. The highest BCUT2D eigenvalue weighted by molar-refractivity contribution is 6.76. The minimum absolute atomic E-state index is 0.0238. The van der Waals surface area contributed by atoms with E-state index < -0.39 is 55.6 Å². The Labute approximate surface area is 202 Å². The number of amides is 2. The summed E-state index contributed by atoms with van der Waals surface area (Å²) < 4.78 is 15.4. The fourth-order valence-electron chi connectivity index (χ4n) is 3.44. The average molecular weight is 495 g/mol. The summed E-state index contributed by atoms with van der Waals surface area (Å²) in [5.74, 6) is -2.01. The summed E-state index contributed by atoms with van der Waals surface area (Å²) in [6.45, 7) is 12.8. The Bertz CT molecular complexity index is 862. The molecule has 0 saturated heterocycles. The normalized spacial score (nSPS) is 14.2. The van der Waals surface area contributed by atoms with Crippen LogP contribution >= 0.6 is 0 Å². The molecule has 0 heterocycles. The lowest BCUT2D eigenvalue weighted by Gasteiger charge is -2.34. The predicted octanol–water partition coefficient (Wildman–Crippen LogP) is 3.40. The van der Waals surface area contributed by atoms with E-state index in [1.807, 2.05) is 18.2 Å². The first-order chi connectivity index (χ1) is 15.5. The first kappa shape index (κ1) is 29.1. The Kier molecular flexibility index (Phi) is 10.3. The van der Waals surface area contributed by atoms with Crippen LogP contribution in [0, 0.1) is 0 Å². The van der Waals surface area contributed by atoms with Gasteiger partial charge in [-0.3, -0.25) is 9.59 Å². The van der Waals surface area contributed by atoms with Crippen molar-refractivity contribution in [2.75, 3.05) is 7.11 Å². The fourth-order valence-corrected chi connectivity index (χ4v) is 5.79. The van der Waals surface area contributed by atoms with Gasteiger partial charge in [-0.05, 0) is 39.3 Å². The third-order valence-electron chi connectivity index (χ3n) is 4.54. The number of esters is 2. The zero-order valence-corrected chi connectivity index (χ0v) is 22.4. The van der Waals surface area contributed by atoms with E-state index >= 15 is 0 Å². The minimum Gasteiger partial charge on any atom is -0.467 e. The molecule has 2 N–H and O–H groups in total. The molecule has 0 radical (unpaired) electrons. The molecule has 0 saturated carbocycles. The molecule has 0 bridgehead atoms. The smallest absolute Gasteiger partial charge is 0.408 e. The molecule has 34 heavy (non-hydrogen) atoms. The van der Waals surface area contributed by atoms with Crippen LogP contribution in [0.15, 0.2) is 30.3 Å². The number of carbonyl (C=O) groups excluding carboxylic acids is 4. The van der Waals surface area contributed by atoms with Crippen molar-refractivity contribution in [3.05, 3.63) is 35.9 Å². The van der Waals surface area contributed by atoms with Crippen molar-refractivity contribution >= 4 is 32.0 Å². The van der Waals surface area contributed by atoms with Gasteiger partial charge in [-0.15, -0.1) is 0 Å². The maximum absolute atomic E-state index is 13.2. The standard InChI is InChI=1S/C24H38N2O7Si/c1-23(2,3)33-22(30)25-18(14-19(27)32-15-17-12-10-9-11-13-17)20(28)26-24(4,21(29)31-5)16-34(6,7)8/h9-13,18H,14-16H2,1-8H3,(H,25,30)(H,26,28)/t18-,24-/m0/s1. The first-order valence-corrected chi connectivity index (χ1v) is 14.8. The van der Waals surface area contributed by atoms with Crippen LogP contribution in [0.4, 0.5) is 4.79 Å². The van der Waals surface area contributed by atoms with Gasteiger partial charge in [0.1, 0.15) is 23.8 Å². The second kappa shape index (κ2) is 12.0. The van der Waals surface area contributed by atoms with E-state index in [0.29, 0.717) is 6.04 Å². The van der Waals surface area contributed by atoms with Gasteiger partial charge in [-0.1, -0.05) is 50.0 Å². The van der Waals surface area contributed by atoms with E-state index in [-0.39, 0.29) is 6.61 Å². The van der Waals surface area contributed by atoms with E-state index in [9.17, 15) is 19.2 Å². The predicted molar refractivity (Wildman–Crippen MR) is 131 cm³/mol. The van der Waals surface area contributed by atoms with Crippen molar-refractivity contribution < 1.29 is 33.4 Å². The summed E-state index contributed by atoms with van der Waals surface area (Å²) in [5, 5.41) is 5.12. The highest BCUT2D eigenvalue weighted by Crippen LogP contribution is 2.23. The Balaban J connectivity index is 3.04. The van der Waals surface area contributed by atoms with Crippen LogP contribution in [0.25, 0.3) is 0 Å². The quantitative estimate of drug-likeness (QED) is 0.291.